The van der Waals surface area contributed by atoms with Crippen molar-refractivity contribution in [2.24, 2.45) is 0 Å². The number of aromatic nitrogens is 2. The molecule has 8 nitrogen and oxygen atoms in total. The lowest BCUT2D eigenvalue weighted by atomic mass is 10.00. The number of hydrogen-bond acceptors (Lipinski definition) is 7. The van der Waals surface area contributed by atoms with E-state index in [1.807, 2.05) is 50.6 Å². The number of benzene rings is 2. The monoisotopic (exact) mass is 592 g/mol. The molecular formula is C31H37ClN6O2S. The van der Waals surface area contributed by atoms with Crippen LogP contribution in [0.2, 0.25) is 5.15 Å². The molecule has 4 aromatic rings. The second-order valence-electron chi connectivity index (χ2n) is 9.92. The summed E-state index contributed by atoms with van der Waals surface area (Å²) in [6, 6.07) is 20.5. The number of aryl methyl sites for hydroxylation is 2. The highest BCUT2D eigenvalue weighted by Gasteiger charge is 2.24. The van der Waals surface area contributed by atoms with Gasteiger partial charge in [0, 0.05) is 51.4 Å². The maximum Gasteiger partial charge on any atom is 0.211 e. The first-order valence-electron chi connectivity index (χ1n) is 13.5. The summed E-state index contributed by atoms with van der Waals surface area (Å²) < 4.78 is 24.9. The SMILES string of the molecule is CNc1cnc(Cl)cc1-c1ccccc1C.CNc1cnc(N2CCN(S(C)(=O)=O)CC2)cc1-c1ccccc1C. The summed E-state index contributed by atoms with van der Waals surface area (Å²) in [6.45, 7) is 6.46. The van der Waals surface area contributed by atoms with Gasteiger partial charge in [-0.3, -0.25) is 0 Å². The van der Waals surface area contributed by atoms with Gasteiger partial charge in [-0.2, -0.15) is 4.31 Å². The van der Waals surface area contributed by atoms with Crippen molar-refractivity contribution >= 4 is 38.8 Å². The average molecular weight is 593 g/mol. The molecule has 0 aliphatic carbocycles. The number of nitrogens with zero attached hydrogens (tertiary/aromatic N) is 4. The highest BCUT2D eigenvalue weighted by atomic mass is 35.5. The minimum Gasteiger partial charge on any atom is -0.386 e. The maximum absolute atomic E-state index is 11.7. The van der Waals surface area contributed by atoms with Crippen LogP contribution in [0, 0.1) is 13.8 Å². The molecule has 2 N–H and O–H groups in total. The van der Waals surface area contributed by atoms with Gasteiger partial charge in [0.2, 0.25) is 10.0 Å². The number of hydrogen-bond donors (Lipinski definition) is 2. The first-order valence-corrected chi connectivity index (χ1v) is 15.7. The molecule has 0 atom stereocenters. The molecule has 2 aromatic heterocycles. The predicted octanol–water partition coefficient (Wildman–Crippen LogP) is 5.93. The number of anilines is 3. The van der Waals surface area contributed by atoms with Crippen LogP contribution in [0.25, 0.3) is 22.3 Å². The largest absolute Gasteiger partial charge is 0.386 e. The maximum atomic E-state index is 11.7. The normalized spacial score (nSPS) is 13.8. The number of nitrogens with one attached hydrogen (secondary N) is 2. The molecule has 0 spiro atoms. The number of rotatable bonds is 6. The molecule has 1 saturated heterocycles. The molecular weight excluding hydrogens is 556 g/mol. The van der Waals surface area contributed by atoms with Crippen LogP contribution < -0.4 is 15.5 Å². The number of piperazine rings is 1. The molecule has 5 rings (SSSR count). The lowest BCUT2D eigenvalue weighted by Gasteiger charge is -2.34. The van der Waals surface area contributed by atoms with E-state index in [1.165, 1.54) is 32.8 Å². The molecule has 0 bridgehead atoms. The zero-order valence-electron chi connectivity index (χ0n) is 24.1. The van der Waals surface area contributed by atoms with E-state index < -0.39 is 10.0 Å². The Balaban J connectivity index is 0.000000208. The minimum atomic E-state index is -3.12. The average Bonchev–Trinajstić information content (AvgIpc) is 2.97. The van der Waals surface area contributed by atoms with Gasteiger partial charge in [-0.25, -0.2) is 18.4 Å². The fraction of sp³-hybridized carbons (Fsp3) is 0.290. The molecule has 216 valence electrons. The summed E-state index contributed by atoms with van der Waals surface area (Å²) in [6.07, 6.45) is 4.86. The molecule has 1 aliphatic rings. The van der Waals surface area contributed by atoms with E-state index in [1.54, 1.807) is 6.20 Å². The lowest BCUT2D eigenvalue weighted by Crippen LogP contribution is -2.48. The summed E-state index contributed by atoms with van der Waals surface area (Å²) in [5.41, 5.74) is 8.93. The van der Waals surface area contributed by atoms with E-state index in [0.29, 0.717) is 31.3 Å². The van der Waals surface area contributed by atoms with Crippen molar-refractivity contribution in [3.63, 3.8) is 0 Å². The highest BCUT2D eigenvalue weighted by molar-refractivity contribution is 7.88. The van der Waals surface area contributed by atoms with Crippen LogP contribution >= 0.6 is 11.6 Å². The molecule has 0 radical (unpaired) electrons. The Morgan fingerprint density at radius 3 is 1.71 bits per heavy atom. The van der Waals surface area contributed by atoms with Crippen molar-refractivity contribution in [3.05, 3.63) is 89.3 Å². The van der Waals surface area contributed by atoms with Gasteiger partial charge in [-0.05, 0) is 48.2 Å². The summed E-state index contributed by atoms with van der Waals surface area (Å²) in [5, 5.41) is 6.85. The zero-order valence-corrected chi connectivity index (χ0v) is 25.7. The van der Waals surface area contributed by atoms with Gasteiger partial charge in [0.1, 0.15) is 11.0 Å². The third kappa shape index (κ3) is 7.35. The predicted molar refractivity (Wildman–Crippen MR) is 172 cm³/mol. The molecule has 1 aliphatic heterocycles. The van der Waals surface area contributed by atoms with Crippen LogP contribution in [0.3, 0.4) is 0 Å². The lowest BCUT2D eigenvalue weighted by molar-refractivity contribution is 0.387. The molecule has 41 heavy (non-hydrogen) atoms. The van der Waals surface area contributed by atoms with Gasteiger partial charge in [-0.1, -0.05) is 60.1 Å². The van der Waals surface area contributed by atoms with Crippen molar-refractivity contribution in [2.45, 2.75) is 13.8 Å². The first-order chi connectivity index (χ1) is 19.6. The van der Waals surface area contributed by atoms with Gasteiger partial charge in [0.15, 0.2) is 0 Å². The molecule has 10 heteroatoms. The summed E-state index contributed by atoms with van der Waals surface area (Å²) in [5.74, 6) is 0.880. The highest BCUT2D eigenvalue weighted by Crippen LogP contribution is 2.33. The fourth-order valence-electron chi connectivity index (χ4n) is 4.89. The Morgan fingerprint density at radius 2 is 1.22 bits per heavy atom. The van der Waals surface area contributed by atoms with Gasteiger partial charge in [-0.15, -0.1) is 0 Å². The molecule has 0 unspecified atom stereocenters. The zero-order chi connectivity index (χ0) is 29.6. The molecule has 2 aromatic carbocycles. The van der Waals surface area contributed by atoms with Crippen LogP contribution in [0.4, 0.5) is 17.2 Å². The first kappa shape index (κ1) is 30.3. The second-order valence-corrected chi connectivity index (χ2v) is 12.3. The van der Waals surface area contributed by atoms with Crippen molar-refractivity contribution < 1.29 is 8.42 Å². The Labute approximate surface area is 248 Å². The number of halogens is 1. The summed E-state index contributed by atoms with van der Waals surface area (Å²) in [7, 11) is 0.651. The van der Waals surface area contributed by atoms with Crippen molar-refractivity contribution in [2.75, 3.05) is 62.1 Å². The fourth-order valence-corrected chi connectivity index (χ4v) is 5.87. The smallest absolute Gasteiger partial charge is 0.211 e. The Bertz CT molecular complexity index is 1600. The molecule has 1 fully saturated rings. The summed E-state index contributed by atoms with van der Waals surface area (Å²) >= 11 is 5.94. The molecule has 0 amide bonds. The van der Waals surface area contributed by atoms with E-state index in [2.05, 4.69) is 69.7 Å². The third-order valence-electron chi connectivity index (χ3n) is 7.20. The third-order valence-corrected chi connectivity index (χ3v) is 8.71. The van der Waals surface area contributed by atoms with E-state index in [4.69, 9.17) is 11.6 Å². The van der Waals surface area contributed by atoms with Crippen LogP contribution in [0.1, 0.15) is 11.1 Å². The Morgan fingerprint density at radius 1 is 0.732 bits per heavy atom. The van der Waals surface area contributed by atoms with Crippen LogP contribution in [0.5, 0.6) is 0 Å². The Kier molecular flexibility index (Phi) is 9.86. The summed E-state index contributed by atoms with van der Waals surface area (Å²) in [4.78, 5) is 10.8. The van der Waals surface area contributed by atoms with Crippen molar-refractivity contribution in [3.8, 4) is 22.3 Å². The van der Waals surface area contributed by atoms with E-state index in [-0.39, 0.29) is 0 Å². The van der Waals surface area contributed by atoms with Gasteiger partial charge in [0.25, 0.3) is 0 Å². The number of pyridine rings is 2. The van der Waals surface area contributed by atoms with Gasteiger partial charge < -0.3 is 15.5 Å². The number of sulfonamides is 1. The van der Waals surface area contributed by atoms with E-state index >= 15 is 0 Å². The molecule has 3 heterocycles. The van der Waals surface area contributed by atoms with Crippen LogP contribution in [-0.2, 0) is 10.0 Å². The Hall–Kier alpha value is -3.66. The quantitative estimate of drug-likeness (QED) is 0.268. The van der Waals surface area contributed by atoms with Gasteiger partial charge in [0.05, 0.1) is 30.0 Å². The van der Waals surface area contributed by atoms with E-state index in [9.17, 15) is 8.42 Å². The molecule has 0 saturated carbocycles. The minimum absolute atomic E-state index is 0.494. The van der Waals surface area contributed by atoms with E-state index in [0.717, 1.165) is 28.3 Å². The van der Waals surface area contributed by atoms with Crippen molar-refractivity contribution in [1.82, 2.24) is 14.3 Å². The standard InChI is InChI=1S/C18H24N4O2S.C13H13ClN2/c1-14-6-4-5-7-15(14)16-12-18(20-13-17(16)19-2)21-8-10-22(11-9-21)25(3,23)24;1-9-5-3-4-6-10(9)11-7-13(14)16-8-12(11)15-2/h4-7,12-13,19H,8-11H2,1-3H3;3-8,15H,1-2H3. The second kappa shape index (κ2) is 13.3. The van der Waals surface area contributed by atoms with Gasteiger partial charge >= 0.3 is 0 Å². The van der Waals surface area contributed by atoms with Crippen LogP contribution in [0.15, 0.2) is 73.1 Å². The van der Waals surface area contributed by atoms with Crippen LogP contribution in [-0.4, -0.2) is 69.2 Å². The van der Waals surface area contributed by atoms with Crippen molar-refractivity contribution in [1.29, 1.82) is 0 Å². The topological polar surface area (TPSA) is 90.5 Å².